The third-order valence-corrected chi connectivity index (χ3v) is 10.2. The second-order valence-electron chi connectivity index (χ2n) is 11.5. The average molecular weight is 514 g/mol. The van der Waals surface area contributed by atoms with E-state index >= 15 is 0 Å². The lowest BCUT2D eigenvalue weighted by Crippen LogP contribution is -2.55. The molecule has 0 spiro atoms. The number of carbonyl (C=O) groups excluding carboxylic acids is 2. The minimum Gasteiger partial charge on any atom is -0.392 e. The molecule has 0 aromatic carbocycles. The molecule has 2 aromatic heterocycles. The van der Waals surface area contributed by atoms with Crippen molar-refractivity contribution < 1.29 is 14.7 Å². The number of nitrogens with zero attached hydrogens (tertiary/aromatic N) is 4. The standard InChI is InChI=1S/C27H39N5O3S/c1-16(25(35)32-13-11-30(4)12-14-32)18-8-9-27(3)15-20-22(17(2)21(27)23(18)33)28-26(36-20)29-24(34)19-7-6-10-31(19)5/h6-7,10,16-18,21,23,33H,8-9,11-15H2,1-5H3,(H,28,29,34)/t16-,17-,18-,21+,23-,27+/m0/s1. The predicted octanol–water partition coefficient (Wildman–Crippen LogP) is 3.20. The second-order valence-corrected chi connectivity index (χ2v) is 12.6. The summed E-state index contributed by atoms with van der Waals surface area (Å²) >= 11 is 1.56. The van der Waals surface area contributed by atoms with E-state index in [1.165, 1.54) is 4.88 Å². The van der Waals surface area contributed by atoms with Gasteiger partial charge in [-0.15, -0.1) is 11.3 Å². The van der Waals surface area contributed by atoms with Crippen molar-refractivity contribution in [3.63, 3.8) is 0 Å². The van der Waals surface area contributed by atoms with Crippen molar-refractivity contribution in [2.24, 2.45) is 30.2 Å². The smallest absolute Gasteiger partial charge is 0.274 e. The average Bonchev–Trinajstić information content (AvgIpc) is 3.44. The maximum absolute atomic E-state index is 13.3. The molecule has 9 heteroatoms. The molecule has 0 unspecified atom stereocenters. The number of carbonyl (C=O) groups is 2. The molecule has 36 heavy (non-hydrogen) atoms. The fraction of sp³-hybridized carbons (Fsp3) is 0.667. The molecule has 6 atom stereocenters. The van der Waals surface area contributed by atoms with Crippen LogP contribution in [0.15, 0.2) is 18.3 Å². The van der Waals surface area contributed by atoms with Crippen LogP contribution >= 0.6 is 11.3 Å². The topological polar surface area (TPSA) is 90.7 Å². The number of aryl methyl sites for hydroxylation is 1. The van der Waals surface area contributed by atoms with Gasteiger partial charge in [-0.3, -0.25) is 14.9 Å². The zero-order valence-electron chi connectivity index (χ0n) is 22.0. The molecule has 1 aliphatic heterocycles. The predicted molar refractivity (Wildman–Crippen MR) is 141 cm³/mol. The third-order valence-electron chi connectivity index (χ3n) is 9.17. The zero-order chi connectivity index (χ0) is 25.8. The van der Waals surface area contributed by atoms with Crippen LogP contribution < -0.4 is 5.32 Å². The number of thiazole rings is 1. The number of hydrogen-bond donors (Lipinski definition) is 2. The Balaban J connectivity index is 1.33. The summed E-state index contributed by atoms with van der Waals surface area (Å²) < 4.78 is 1.79. The highest BCUT2D eigenvalue weighted by Crippen LogP contribution is 2.57. The van der Waals surface area contributed by atoms with Gasteiger partial charge in [0.1, 0.15) is 5.69 Å². The van der Waals surface area contributed by atoms with Crippen LogP contribution in [-0.4, -0.2) is 75.6 Å². The van der Waals surface area contributed by atoms with Crippen molar-refractivity contribution in [1.82, 2.24) is 19.4 Å². The number of rotatable bonds is 4. The molecule has 2 aromatic rings. The van der Waals surface area contributed by atoms with E-state index in [-0.39, 0.29) is 40.9 Å². The lowest BCUT2D eigenvalue weighted by atomic mass is 9.53. The number of fused-ring (bicyclic) bond motifs is 2. The van der Waals surface area contributed by atoms with Gasteiger partial charge in [0, 0.05) is 56.1 Å². The number of aliphatic hydroxyl groups is 1. The molecular formula is C27H39N5O3S. The molecule has 3 aliphatic rings. The maximum atomic E-state index is 13.3. The highest BCUT2D eigenvalue weighted by Gasteiger charge is 2.54. The summed E-state index contributed by atoms with van der Waals surface area (Å²) in [5.74, 6) is -0.142. The van der Waals surface area contributed by atoms with E-state index in [0.29, 0.717) is 10.8 Å². The van der Waals surface area contributed by atoms with Crippen LogP contribution in [0.4, 0.5) is 5.13 Å². The van der Waals surface area contributed by atoms with Crippen LogP contribution in [0.5, 0.6) is 0 Å². The SMILES string of the molecule is C[C@H](C(=O)N1CCN(C)CC1)[C@@H]1CC[C@]2(C)Cc3sc(NC(=O)c4cccn4C)nc3[C@@H](C)[C@@H]2[C@H]1O. The van der Waals surface area contributed by atoms with Crippen LogP contribution in [0.25, 0.3) is 0 Å². The van der Waals surface area contributed by atoms with Gasteiger partial charge in [0.15, 0.2) is 5.13 Å². The first-order valence-corrected chi connectivity index (χ1v) is 14.0. The minimum absolute atomic E-state index is 0.0324. The molecular weight excluding hydrogens is 474 g/mol. The lowest BCUT2D eigenvalue weighted by Gasteiger charge is -2.53. The highest BCUT2D eigenvalue weighted by molar-refractivity contribution is 7.15. The fourth-order valence-corrected chi connectivity index (χ4v) is 8.22. The second kappa shape index (κ2) is 9.58. The van der Waals surface area contributed by atoms with E-state index in [1.807, 2.05) is 31.1 Å². The number of amides is 2. The monoisotopic (exact) mass is 513 g/mol. The van der Waals surface area contributed by atoms with E-state index in [0.717, 1.165) is 51.1 Å². The van der Waals surface area contributed by atoms with Crippen molar-refractivity contribution in [3.05, 3.63) is 34.6 Å². The van der Waals surface area contributed by atoms with E-state index in [4.69, 9.17) is 4.98 Å². The molecule has 8 nitrogen and oxygen atoms in total. The van der Waals surface area contributed by atoms with Gasteiger partial charge >= 0.3 is 0 Å². The van der Waals surface area contributed by atoms with Crippen LogP contribution in [0, 0.1) is 23.2 Å². The normalized spacial score (nSPS) is 31.4. The number of anilines is 1. The molecule has 1 saturated carbocycles. The largest absolute Gasteiger partial charge is 0.392 e. The minimum atomic E-state index is -0.554. The van der Waals surface area contributed by atoms with Gasteiger partial charge in [-0.1, -0.05) is 20.8 Å². The van der Waals surface area contributed by atoms with Crippen LogP contribution in [0.2, 0.25) is 0 Å². The van der Waals surface area contributed by atoms with E-state index in [1.54, 1.807) is 22.0 Å². The molecule has 196 valence electrons. The van der Waals surface area contributed by atoms with Gasteiger partial charge in [-0.25, -0.2) is 4.98 Å². The van der Waals surface area contributed by atoms with Gasteiger partial charge in [0.25, 0.3) is 5.91 Å². The molecule has 2 aliphatic carbocycles. The molecule has 3 heterocycles. The Morgan fingerprint density at radius 2 is 1.97 bits per heavy atom. The number of nitrogens with one attached hydrogen (secondary N) is 1. The number of piperazine rings is 1. The van der Waals surface area contributed by atoms with E-state index in [9.17, 15) is 14.7 Å². The van der Waals surface area contributed by atoms with Crippen molar-refractivity contribution in [2.75, 3.05) is 38.5 Å². The summed E-state index contributed by atoms with van der Waals surface area (Å²) in [6, 6.07) is 3.64. The molecule has 2 N–H and O–H groups in total. The molecule has 1 saturated heterocycles. The quantitative estimate of drug-likeness (QED) is 0.655. The van der Waals surface area contributed by atoms with Gasteiger partial charge in [0.05, 0.1) is 11.8 Å². The van der Waals surface area contributed by atoms with Crippen molar-refractivity contribution in [2.45, 2.75) is 52.1 Å². The molecule has 2 fully saturated rings. The first kappa shape index (κ1) is 25.4. The van der Waals surface area contributed by atoms with Crippen LogP contribution in [0.1, 0.15) is 60.6 Å². The Morgan fingerprint density at radius 1 is 1.25 bits per heavy atom. The van der Waals surface area contributed by atoms with Gasteiger partial charge in [0.2, 0.25) is 5.91 Å². The molecule has 2 amide bonds. The Labute approximate surface area is 217 Å². The Kier molecular flexibility index (Phi) is 6.76. The van der Waals surface area contributed by atoms with E-state index < -0.39 is 6.10 Å². The number of aromatic nitrogens is 2. The summed E-state index contributed by atoms with van der Waals surface area (Å²) in [5, 5.41) is 15.3. The first-order chi connectivity index (χ1) is 17.1. The van der Waals surface area contributed by atoms with Gasteiger partial charge in [-0.2, -0.15) is 0 Å². The Morgan fingerprint density at radius 3 is 2.64 bits per heavy atom. The third kappa shape index (κ3) is 4.39. The van der Waals surface area contributed by atoms with Crippen molar-refractivity contribution >= 4 is 28.3 Å². The molecule has 0 radical (unpaired) electrons. The van der Waals surface area contributed by atoms with Gasteiger partial charge < -0.3 is 19.5 Å². The lowest BCUT2D eigenvalue weighted by molar-refractivity contribution is -0.146. The summed E-state index contributed by atoms with van der Waals surface area (Å²) in [5.41, 5.74) is 1.53. The molecule has 5 rings (SSSR count). The van der Waals surface area contributed by atoms with Crippen molar-refractivity contribution in [1.29, 1.82) is 0 Å². The Bertz CT molecular complexity index is 1140. The van der Waals surface area contributed by atoms with Gasteiger partial charge in [-0.05, 0) is 55.7 Å². The summed E-state index contributed by atoms with van der Waals surface area (Å²) in [7, 11) is 3.94. The Hall–Kier alpha value is -2.23. The summed E-state index contributed by atoms with van der Waals surface area (Å²) in [6.07, 6.45) is 3.98. The highest BCUT2D eigenvalue weighted by atomic mass is 32.1. The number of hydrogen-bond acceptors (Lipinski definition) is 6. The fourth-order valence-electron chi connectivity index (χ4n) is 6.96. The van der Waals surface area contributed by atoms with Crippen LogP contribution in [0.3, 0.4) is 0 Å². The van der Waals surface area contributed by atoms with E-state index in [2.05, 4.69) is 31.1 Å². The summed E-state index contributed by atoms with van der Waals surface area (Å²) in [6.45, 7) is 9.78. The summed E-state index contributed by atoms with van der Waals surface area (Å²) in [4.78, 5) is 36.4. The van der Waals surface area contributed by atoms with Crippen molar-refractivity contribution in [3.8, 4) is 0 Å². The first-order valence-electron chi connectivity index (χ1n) is 13.2. The number of aliphatic hydroxyl groups excluding tert-OH is 1. The molecule has 0 bridgehead atoms. The van der Waals surface area contributed by atoms with Crippen LogP contribution in [-0.2, 0) is 18.3 Å². The zero-order valence-corrected chi connectivity index (χ0v) is 22.8. The maximum Gasteiger partial charge on any atom is 0.274 e. The number of likely N-dealkylation sites (N-methyl/N-ethyl adjacent to an activating group) is 1.